The highest BCUT2D eigenvalue weighted by Crippen LogP contribution is 2.28. The molecule has 0 bridgehead atoms. The van der Waals surface area contributed by atoms with Crippen LogP contribution in [0.1, 0.15) is 39.0 Å². The second-order valence-corrected chi connectivity index (χ2v) is 8.05. The Labute approximate surface area is 137 Å². The lowest BCUT2D eigenvalue weighted by molar-refractivity contribution is -0.122. The number of carbonyl (C=O) groups is 1. The lowest BCUT2D eigenvalue weighted by Crippen LogP contribution is -2.47. The molecular formula is C14H27ClN2OS2. The Morgan fingerprint density at radius 1 is 1.40 bits per heavy atom. The molecule has 0 aromatic rings. The minimum atomic E-state index is 0. The summed E-state index contributed by atoms with van der Waals surface area (Å²) in [5.74, 6) is 3.65. The fourth-order valence-electron chi connectivity index (χ4n) is 2.92. The molecule has 2 fully saturated rings. The van der Waals surface area contributed by atoms with Crippen LogP contribution in [0.5, 0.6) is 0 Å². The van der Waals surface area contributed by atoms with E-state index in [1.165, 1.54) is 25.0 Å². The summed E-state index contributed by atoms with van der Waals surface area (Å²) in [6.45, 7) is 3.25. The van der Waals surface area contributed by atoms with Crippen molar-refractivity contribution in [2.45, 2.75) is 56.4 Å². The van der Waals surface area contributed by atoms with Gasteiger partial charge in [-0.1, -0.05) is 19.8 Å². The minimum absolute atomic E-state index is 0. The summed E-state index contributed by atoms with van der Waals surface area (Å²) in [5.41, 5.74) is 0. The first-order valence-corrected chi connectivity index (χ1v) is 9.72. The molecule has 1 aliphatic carbocycles. The van der Waals surface area contributed by atoms with E-state index < -0.39 is 0 Å². The highest BCUT2D eigenvalue weighted by molar-refractivity contribution is 8.00. The van der Waals surface area contributed by atoms with Crippen molar-refractivity contribution in [2.24, 2.45) is 0 Å². The summed E-state index contributed by atoms with van der Waals surface area (Å²) in [6, 6.07) is 0.780. The molecule has 20 heavy (non-hydrogen) atoms. The molecule has 0 radical (unpaired) electrons. The van der Waals surface area contributed by atoms with Crippen LogP contribution < -0.4 is 10.6 Å². The Hall–Kier alpha value is 0.420. The van der Waals surface area contributed by atoms with Crippen molar-refractivity contribution < 1.29 is 4.79 Å². The highest BCUT2D eigenvalue weighted by atomic mass is 35.5. The van der Waals surface area contributed by atoms with Crippen LogP contribution in [0, 0.1) is 0 Å². The molecule has 3 nitrogen and oxygen atoms in total. The summed E-state index contributed by atoms with van der Waals surface area (Å²) in [7, 11) is 0. The van der Waals surface area contributed by atoms with Gasteiger partial charge in [-0.3, -0.25) is 4.79 Å². The van der Waals surface area contributed by atoms with Crippen molar-refractivity contribution in [3.63, 3.8) is 0 Å². The van der Waals surface area contributed by atoms with E-state index in [1.807, 2.05) is 23.5 Å². The van der Waals surface area contributed by atoms with Crippen LogP contribution in [-0.2, 0) is 4.79 Å². The van der Waals surface area contributed by atoms with E-state index in [-0.39, 0.29) is 18.3 Å². The molecule has 1 aliphatic heterocycles. The molecule has 2 aliphatic rings. The van der Waals surface area contributed by atoms with Gasteiger partial charge < -0.3 is 10.6 Å². The predicted molar refractivity (Wildman–Crippen MR) is 93.3 cm³/mol. The van der Waals surface area contributed by atoms with Crippen LogP contribution in [0.4, 0.5) is 0 Å². The fourth-order valence-corrected chi connectivity index (χ4v) is 5.06. The zero-order valence-corrected chi connectivity index (χ0v) is 14.7. The van der Waals surface area contributed by atoms with Gasteiger partial charge in [0.2, 0.25) is 5.91 Å². The molecule has 2 N–H and O–H groups in total. The summed E-state index contributed by atoms with van der Waals surface area (Å²) in [6.07, 6.45) is 5.67. The van der Waals surface area contributed by atoms with E-state index in [1.54, 1.807) is 0 Å². The Morgan fingerprint density at radius 3 is 2.90 bits per heavy atom. The maximum Gasteiger partial charge on any atom is 0.221 e. The number of nitrogens with one attached hydrogen (secondary N) is 2. The van der Waals surface area contributed by atoms with Crippen molar-refractivity contribution >= 4 is 41.8 Å². The van der Waals surface area contributed by atoms with Gasteiger partial charge in [-0.15, -0.1) is 12.4 Å². The van der Waals surface area contributed by atoms with Crippen molar-refractivity contribution in [1.29, 1.82) is 0 Å². The fraction of sp³-hybridized carbons (Fsp3) is 0.929. The molecule has 1 amide bonds. The quantitative estimate of drug-likeness (QED) is 0.808. The van der Waals surface area contributed by atoms with E-state index in [0.29, 0.717) is 23.8 Å². The van der Waals surface area contributed by atoms with Gasteiger partial charge in [0.1, 0.15) is 0 Å². The summed E-state index contributed by atoms with van der Waals surface area (Å²) in [4.78, 5) is 12.2. The molecule has 3 unspecified atom stereocenters. The number of thioether (sulfide) groups is 2. The lowest BCUT2D eigenvalue weighted by atomic mass is 9.94. The summed E-state index contributed by atoms with van der Waals surface area (Å²) >= 11 is 3.97. The first-order valence-electron chi connectivity index (χ1n) is 7.51. The van der Waals surface area contributed by atoms with E-state index in [2.05, 4.69) is 17.6 Å². The van der Waals surface area contributed by atoms with Crippen LogP contribution in [0.2, 0.25) is 0 Å². The Bertz CT molecular complexity index is 286. The standard InChI is InChI=1S/C14H26N2OS2.ClH/c1-2-19-13-6-4-3-5-12(13)16-14(17)9-11-10-18-8-7-15-11;/h11-13,15H,2-10H2,1H3,(H,16,17);1H. The number of halogens is 1. The summed E-state index contributed by atoms with van der Waals surface area (Å²) < 4.78 is 0. The van der Waals surface area contributed by atoms with Crippen molar-refractivity contribution in [3.05, 3.63) is 0 Å². The maximum absolute atomic E-state index is 12.2. The summed E-state index contributed by atoms with van der Waals surface area (Å²) in [5, 5.41) is 7.36. The Balaban J connectivity index is 0.00000200. The number of rotatable bonds is 5. The molecule has 6 heteroatoms. The zero-order valence-electron chi connectivity index (χ0n) is 12.2. The molecule has 0 spiro atoms. The molecular weight excluding hydrogens is 312 g/mol. The second-order valence-electron chi connectivity index (χ2n) is 5.38. The molecule has 0 aromatic heterocycles. The van der Waals surface area contributed by atoms with Gasteiger partial charge in [-0.2, -0.15) is 23.5 Å². The molecule has 2 rings (SSSR count). The SMILES string of the molecule is CCSC1CCCCC1NC(=O)CC1CSCCN1.Cl. The number of carbonyl (C=O) groups excluding carboxylic acids is 1. The third-order valence-electron chi connectivity index (χ3n) is 3.86. The van der Waals surface area contributed by atoms with Gasteiger partial charge in [-0.25, -0.2) is 0 Å². The normalized spacial score (nSPS) is 30.4. The van der Waals surface area contributed by atoms with Crippen LogP contribution in [0.25, 0.3) is 0 Å². The average Bonchev–Trinajstić information content (AvgIpc) is 2.42. The van der Waals surface area contributed by atoms with Crippen molar-refractivity contribution in [1.82, 2.24) is 10.6 Å². The van der Waals surface area contributed by atoms with Crippen molar-refractivity contribution in [2.75, 3.05) is 23.8 Å². The maximum atomic E-state index is 12.2. The zero-order chi connectivity index (χ0) is 13.5. The predicted octanol–water partition coefficient (Wildman–Crippen LogP) is 2.68. The number of hydrogen-bond donors (Lipinski definition) is 2. The molecule has 1 saturated carbocycles. The molecule has 1 heterocycles. The van der Waals surface area contributed by atoms with Gasteiger partial charge in [0.15, 0.2) is 0 Å². The first-order chi connectivity index (χ1) is 9.29. The second kappa shape index (κ2) is 10.2. The van der Waals surface area contributed by atoms with Crippen molar-refractivity contribution in [3.8, 4) is 0 Å². The third-order valence-corrected chi connectivity index (χ3v) is 6.32. The molecule has 0 aromatic carbocycles. The Kier molecular flexibility index (Phi) is 9.42. The third kappa shape index (κ3) is 6.04. The van der Waals surface area contributed by atoms with E-state index >= 15 is 0 Å². The van der Waals surface area contributed by atoms with Crippen LogP contribution in [0.15, 0.2) is 0 Å². The van der Waals surface area contributed by atoms with Gasteiger partial charge >= 0.3 is 0 Å². The molecule has 3 atom stereocenters. The van der Waals surface area contributed by atoms with E-state index in [4.69, 9.17) is 0 Å². The average molecular weight is 339 g/mol. The Morgan fingerprint density at radius 2 is 2.20 bits per heavy atom. The van der Waals surface area contributed by atoms with E-state index in [9.17, 15) is 4.79 Å². The lowest BCUT2D eigenvalue weighted by Gasteiger charge is -2.32. The monoisotopic (exact) mass is 338 g/mol. The molecule has 1 saturated heterocycles. The largest absolute Gasteiger partial charge is 0.352 e. The van der Waals surface area contributed by atoms with Crippen LogP contribution >= 0.6 is 35.9 Å². The van der Waals surface area contributed by atoms with Crippen LogP contribution in [0.3, 0.4) is 0 Å². The molecule has 118 valence electrons. The minimum Gasteiger partial charge on any atom is -0.352 e. The number of hydrogen-bond acceptors (Lipinski definition) is 4. The smallest absolute Gasteiger partial charge is 0.221 e. The van der Waals surface area contributed by atoms with Gasteiger partial charge in [0, 0.05) is 41.8 Å². The van der Waals surface area contributed by atoms with E-state index in [0.717, 1.165) is 24.5 Å². The van der Waals surface area contributed by atoms with Gasteiger partial charge in [0.25, 0.3) is 0 Å². The first kappa shape index (κ1) is 18.5. The highest BCUT2D eigenvalue weighted by Gasteiger charge is 2.27. The van der Waals surface area contributed by atoms with Crippen LogP contribution in [-0.4, -0.2) is 47.0 Å². The number of amides is 1. The topological polar surface area (TPSA) is 41.1 Å². The van der Waals surface area contributed by atoms with Gasteiger partial charge in [-0.05, 0) is 18.6 Å². The van der Waals surface area contributed by atoms with Gasteiger partial charge in [0.05, 0.1) is 0 Å².